The topological polar surface area (TPSA) is 68.5 Å². The van der Waals surface area contributed by atoms with Crippen LogP contribution in [0.5, 0.6) is 0 Å². The molecule has 0 spiro atoms. The summed E-state index contributed by atoms with van der Waals surface area (Å²) in [5.74, 6) is 1.74. The highest BCUT2D eigenvalue weighted by molar-refractivity contribution is 5.72. The number of piperidine rings is 1. The van der Waals surface area contributed by atoms with Gasteiger partial charge < -0.3 is 9.26 Å². The normalized spacial score (nSPS) is 20.3. The molecule has 1 saturated heterocycles. The molecule has 20 heavy (non-hydrogen) atoms. The molecule has 2 rings (SSSR count). The Balaban J connectivity index is 1.89. The Kier molecular flexibility index (Phi) is 5.11. The lowest BCUT2D eigenvalue weighted by atomic mass is 9.98. The Morgan fingerprint density at radius 3 is 3.05 bits per heavy atom. The third-order valence-corrected chi connectivity index (χ3v) is 3.50. The van der Waals surface area contributed by atoms with Crippen molar-refractivity contribution in [3.63, 3.8) is 0 Å². The molecule has 6 heteroatoms. The molecule has 0 amide bonds. The summed E-state index contributed by atoms with van der Waals surface area (Å²) in [7, 11) is 1.44. The number of aromatic nitrogens is 2. The molecule has 0 radical (unpaired) electrons. The van der Waals surface area contributed by atoms with E-state index in [-0.39, 0.29) is 11.9 Å². The van der Waals surface area contributed by atoms with Gasteiger partial charge in [0.1, 0.15) is 0 Å². The van der Waals surface area contributed by atoms with Crippen LogP contribution < -0.4 is 0 Å². The summed E-state index contributed by atoms with van der Waals surface area (Å²) >= 11 is 0. The van der Waals surface area contributed by atoms with Gasteiger partial charge in [-0.05, 0) is 25.3 Å². The molecule has 1 aromatic rings. The predicted molar refractivity (Wildman–Crippen MR) is 72.9 cm³/mol. The molecule has 1 aliphatic heterocycles. The average molecular weight is 281 g/mol. The van der Waals surface area contributed by atoms with Crippen LogP contribution in [0.3, 0.4) is 0 Å². The van der Waals surface area contributed by atoms with Crippen LogP contribution in [0.1, 0.15) is 38.4 Å². The molecule has 0 unspecified atom stereocenters. The second-order valence-electron chi connectivity index (χ2n) is 5.80. The Morgan fingerprint density at radius 2 is 2.35 bits per heavy atom. The van der Waals surface area contributed by atoms with Crippen LogP contribution in [0.15, 0.2) is 4.52 Å². The zero-order valence-corrected chi connectivity index (χ0v) is 12.5. The van der Waals surface area contributed by atoms with Crippen LogP contribution in [-0.4, -0.2) is 41.2 Å². The molecule has 1 atom stereocenters. The second kappa shape index (κ2) is 6.83. The fourth-order valence-electron chi connectivity index (χ4n) is 2.54. The maximum Gasteiger partial charge on any atom is 0.309 e. The van der Waals surface area contributed by atoms with Crippen molar-refractivity contribution < 1.29 is 14.1 Å². The van der Waals surface area contributed by atoms with Gasteiger partial charge >= 0.3 is 5.97 Å². The third kappa shape index (κ3) is 4.03. The Bertz CT molecular complexity index is 445. The SMILES string of the molecule is COC(=O)[C@H]1CCCN(Cc2noc(CC(C)C)n2)C1. The van der Waals surface area contributed by atoms with E-state index in [0.717, 1.165) is 25.8 Å². The monoisotopic (exact) mass is 281 g/mol. The third-order valence-electron chi connectivity index (χ3n) is 3.50. The highest BCUT2D eigenvalue weighted by Crippen LogP contribution is 2.19. The first-order valence-electron chi connectivity index (χ1n) is 7.20. The lowest BCUT2D eigenvalue weighted by Gasteiger charge is -2.30. The molecule has 0 N–H and O–H groups in total. The highest BCUT2D eigenvalue weighted by Gasteiger charge is 2.27. The van der Waals surface area contributed by atoms with E-state index in [9.17, 15) is 4.79 Å². The number of methoxy groups -OCH3 is 1. The summed E-state index contributed by atoms with van der Waals surface area (Å²) in [5.41, 5.74) is 0. The maximum atomic E-state index is 11.6. The van der Waals surface area contributed by atoms with Crippen molar-refractivity contribution in [2.24, 2.45) is 11.8 Å². The van der Waals surface area contributed by atoms with Gasteiger partial charge in [0.2, 0.25) is 5.89 Å². The number of nitrogens with zero attached hydrogens (tertiary/aromatic N) is 3. The van der Waals surface area contributed by atoms with Gasteiger partial charge in [-0.25, -0.2) is 0 Å². The van der Waals surface area contributed by atoms with Gasteiger partial charge in [0.15, 0.2) is 5.82 Å². The Labute approximate surface area is 119 Å². The summed E-state index contributed by atoms with van der Waals surface area (Å²) < 4.78 is 10.1. The largest absolute Gasteiger partial charge is 0.469 e. The van der Waals surface area contributed by atoms with E-state index in [0.29, 0.717) is 30.7 Å². The molecule has 0 bridgehead atoms. The molecule has 1 aromatic heterocycles. The van der Waals surface area contributed by atoms with Gasteiger partial charge in [0.25, 0.3) is 0 Å². The zero-order valence-electron chi connectivity index (χ0n) is 12.5. The van der Waals surface area contributed by atoms with Crippen LogP contribution in [0.2, 0.25) is 0 Å². The van der Waals surface area contributed by atoms with Crippen molar-refractivity contribution in [2.45, 2.75) is 39.7 Å². The van der Waals surface area contributed by atoms with Crippen molar-refractivity contribution in [3.8, 4) is 0 Å². The minimum Gasteiger partial charge on any atom is -0.469 e. The van der Waals surface area contributed by atoms with Crippen molar-refractivity contribution >= 4 is 5.97 Å². The van der Waals surface area contributed by atoms with Gasteiger partial charge in [-0.3, -0.25) is 9.69 Å². The fourth-order valence-corrected chi connectivity index (χ4v) is 2.54. The number of carbonyl (C=O) groups is 1. The van der Waals surface area contributed by atoms with Crippen molar-refractivity contribution in [3.05, 3.63) is 11.7 Å². The smallest absolute Gasteiger partial charge is 0.309 e. The predicted octanol–water partition coefficient (Wildman–Crippen LogP) is 1.65. The van der Waals surface area contributed by atoms with Crippen molar-refractivity contribution in [2.75, 3.05) is 20.2 Å². The van der Waals surface area contributed by atoms with Crippen LogP contribution in [0.25, 0.3) is 0 Å². The van der Waals surface area contributed by atoms with Crippen LogP contribution >= 0.6 is 0 Å². The van der Waals surface area contributed by atoms with Gasteiger partial charge in [-0.2, -0.15) is 4.98 Å². The molecule has 0 saturated carbocycles. The number of rotatable bonds is 5. The molecular formula is C14H23N3O3. The second-order valence-corrected chi connectivity index (χ2v) is 5.80. The summed E-state index contributed by atoms with van der Waals surface area (Å²) in [6, 6.07) is 0. The minimum atomic E-state index is -0.122. The lowest BCUT2D eigenvalue weighted by molar-refractivity contribution is -0.147. The number of carbonyl (C=O) groups excluding carboxylic acids is 1. The number of likely N-dealkylation sites (tertiary alicyclic amines) is 1. The van der Waals surface area contributed by atoms with E-state index in [1.54, 1.807) is 0 Å². The van der Waals surface area contributed by atoms with Crippen LogP contribution in [0.4, 0.5) is 0 Å². The number of hydrogen-bond acceptors (Lipinski definition) is 6. The van der Waals surface area contributed by atoms with E-state index in [2.05, 4.69) is 28.9 Å². The summed E-state index contributed by atoms with van der Waals surface area (Å²) in [5, 5.41) is 4.01. The Morgan fingerprint density at radius 1 is 1.55 bits per heavy atom. The van der Waals surface area contributed by atoms with Crippen LogP contribution in [0, 0.1) is 11.8 Å². The van der Waals surface area contributed by atoms with Gasteiger partial charge in [0, 0.05) is 13.0 Å². The number of ether oxygens (including phenoxy) is 1. The van der Waals surface area contributed by atoms with Gasteiger partial charge in [0.05, 0.1) is 19.6 Å². The molecular weight excluding hydrogens is 258 g/mol. The molecule has 1 fully saturated rings. The van der Waals surface area contributed by atoms with Crippen molar-refractivity contribution in [1.29, 1.82) is 0 Å². The van der Waals surface area contributed by atoms with Crippen LogP contribution in [-0.2, 0) is 22.5 Å². The minimum absolute atomic E-state index is 0.0317. The summed E-state index contributed by atoms with van der Waals surface area (Å²) in [6.45, 7) is 6.54. The van der Waals surface area contributed by atoms with Gasteiger partial charge in [-0.1, -0.05) is 19.0 Å². The quantitative estimate of drug-likeness (QED) is 0.764. The number of hydrogen-bond donors (Lipinski definition) is 0. The Hall–Kier alpha value is -1.43. The first-order valence-corrected chi connectivity index (χ1v) is 7.20. The summed E-state index contributed by atoms with van der Waals surface area (Å²) in [6.07, 6.45) is 2.70. The standard InChI is InChI=1S/C14H23N3O3/c1-10(2)7-13-15-12(16-20-13)9-17-6-4-5-11(8-17)14(18)19-3/h10-11H,4-9H2,1-3H3/t11-/m0/s1. The molecule has 6 nitrogen and oxygen atoms in total. The maximum absolute atomic E-state index is 11.6. The highest BCUT2D eigenvalue weighted by atomic mass is 16.5. The fraction of sp³-hybridized carbons (Fsp3) is 0.786. The van der Waals surface area contributed by atoms with E-state index in [1.165, 1.54) is 7.11 Å². The average Bonchev–Trinajstić information content (AvgIpc) is 2.84. The van der Waals surface area contributed by atoms with E-state index >= 15 is 0 Å². The number of esters is 1. The zero-order chi connectivity index (χ0) is 14.5. The van der Waals surface area contributed by atoms with E-state index in [1.807, 2.05) is 0 Å². The molecule has 2 heterocycles. The first kappa shape index (κ1) is 15.0. The molecule has 0 aliphatic carbocycles. The first-order chi connectivity index (χ1) is 9.58. The van der Waals surface area contributed by atoms with Gasteiger partial charge in [-0.15, -0.1) is 0 Å². The lowest BCUT2D eigenvalue weighted by Crippen LogP contribution is -2.38. The molecule has 0 aromatic carbocycles. The van der Waals surface area contributed by atoms with E-state index < -0.39 is 0 Å². The molecule has 112 valence electrons. The van der Waals surface area contributed by atoms with E-state index in [4.69, 9.17) is 9.26 Å². The van der Waals surface area contributed by atoms with Crippen molar-refractivity contribution in [1.82, 2.24) is 15.0 Å². The molecule has 1 aliphatic rings. The summed E-state index contributed by atoms with van der Waals surface area (Å²) in [4.78, 5) is 18.2.